The Bertz CT molecular complexity index is 538. The number of aryl methyl sites for hydroxylation is 1. The van der Waals surface area contributed by atoms with Gasteiger partial charge in [0.15, 0.2) is 5.82 Å². The summed E-state index contributed by atoms with van der Waals surface area (Å²) in [7, 11) is 0. The topological polar surface area (TPSA) is 75.1 Å². The number of allylic oxidation sites excluding steroid dienone is 1. The number of carboxylic acid groups (broad SMARTS) is 1. The molecule has 1 aromatic heterocycles. The summed E-state index contributed by atoms with van der Waals surface area (Å²) in [5, 5.41) is 20.4. The van der Waals surface area contributed by atoms with Gasteiger partial charge in [-0.2, -0.15) is 5.10 Å². The van der Waals surface area contributed by atoms with Crippen LogP contribution in [0.2, 0.25) is 0 Å². The van der Waals surface area contributed by atoms with Crippen LogP contribution >= 0.6 is 0 Å². The molecule has 5 heteroatoms. The number of hydrogen-bond acceptors (Lipinski definition) is 4. The molecule has 108 valence electrons. The van der Waals surface area contributed by atoms with Crippen molar-refractivity contribution in [2.45, 2.75) is 46.0 Å². The van der Waals surface area contributed by atoms with Gasteiger partial charge >= 0.3 is 5.97 Å². The Morgan fingerprint density at radius 2 is 2.15 bits per heavy atom. The number of carbonyl (C=O) groups is 1. The third-order valence-corrected chi connectivity index (χ3v) is 3.79. The molecular weight excluding hydrogens is 254 g/mol. The summed E-state index contributed by atoms with van der Waals surface area (Å²) >= 11 is 0. The van der Waals surface area contributed by atoms with Gasteiger partial charge in [0.1, 0.15) is 5.56 Å². The molecule has 0 saturated heterocycles. The molecule has 0 fully saturated rings. The normalized spacial score (nSPS) is 14.8. The first-order chi connectivity index (χ1) is 9.59. The number of hydrogen-bond donors (Lipinski definition) is 2. The predicted octanol–water partition coefficient (Wildman–Crippen LogP) is 3.09. The first-order valence-electron chi connectivity index (χ1n) is 7.08. The van der Waals surface area contributed by atoms with Crippen LogP contribution in [0.3, 0.4) is 0 Å². The first kappa shape index (κ1) is 14.5. The minimum Gasteiger partial charge on any atom is -0.478 e. The lowest BCUT2D eigenvalue weighted by Gasteiger charge is -2.14. The van der Waals surface area contributed by atoms with Gasteiger partial charge in [-0.3, -0.25) is 0 Å². The summed E-state index contributed by atoms with van der Waals surface area (Å²) in [6, 6.07) is 0. The van der Waals surface area contributed by atoms with Gasteiger partial charge in [0.05, 0.1) is 5.69 Å². The molecule has 0 radical (unpaired) electrons. The Morgan fingerprint density at radius 1 is 1.35 bits per heavy atom. The van der Waals surface area contributed by atoms with Crippen molar-refractivity contribution in [2.75, 3.05) is 11.9 Å². The smallest absolute Gasteiger partial charge is 0.339 e. The number of aromatic carboxylic acids is 1. The van der Waals surface area contributed by atoms with E-state index in [1.165, 1.54) is 24.8 Å². The van der Waals surface area contributed by atoms with Crippen LogP contribution in [0.4, 0.5) is 5.82 Å². The fourth-order valence-corrected chi connectivity index (χ4v) is 2.47. The van der Waals surface area contributed by atoms with Crippen LogP contribution in [-0.4, -0.2) is 27.8 Å². The van der Waals surface area contributed by atoms with Gasteiger partial charge in [0.2, 0.25) is 0 Å². The maximum atomic E-state index is 11.3. The molecule has 0 amide bonds. The SMILES string of the molecule is Cc1nnc(NCCC2=CCCCC2)c(C(=O)O)c1C. The van der Waals surface area contributed by atoms with E-state index >= 15 is 0 Å². The summed E-state index contributed by atoms with van der Waals surface area (Å²) in [6.45, 7) is 4.23. The van der Waals surface area contributed by atoms with Crippen molar-refractivity contribution in [3.8, 4) is 0 Å². The number of nitrogens with zero attached hydrogens (tertiary/aromatic N) is 2. The van der Waals surface area contributed by atoms with Gasteiger partial charge in [-0.25, -0.2) is 4.79 Å². The number of rotatable bonds is 5. The highest BCUT2D eigenvalue weighted by Gasteiger charge is 2.17. The molecule has 1 aliphatic carbocycles. The van der Waals surface area contributed by atoms with E-state index in [0.29, 0.717) is 23.6 Å². The van der Waals surface area contributed by atoms with Crippen LogP contribution in [0.25, 0.3) is 0 Å². The molecule has 0 aliphatic heterocycles. The molecule has 0 atom stereocenters. The van der Waals surface area contributed by atoms with Crippen LogP contribution in [-0.2, 0) is 0 Å². The summed E-state index contributed by atoms with van der Waals surface area (Å²) in [5.74, 6) is -0.586. The van der Waals surface area contributed by atoms with Crippen LogP contribution in [0.1, 0.15) is 53.7 Å². The third-order valence-electron chi connectivity index (χ3n) is 3.79. The zero-order chi connectivity index (χ0) is 14.5. The second kappa shape index (κ2) is 6.50. The van der Waals surface area contributed by atoms with E-state index in [0.717, 1.165) is 12.8 Å². The summed E-state index contributed by atoms with van der Waals surface area (Å²) in [4.78, 5) is 11.3. The molecular formula is C15H21N3O2. The average molecular weight is 275 g/mol. The van der Waals surface area contributed by atoms with Crippen LogP contribution in [0.15, 0.2) is 11.6 Å². The van der Waals surface area contributed by atoms with Crippen molar-refractivity contribution in [2.24, 2.45) is 0 Å². The maximum Gasteiger partial charge on any atom is 0.339 e. The molecule has 2 N–H and O–H groups in total. The summed E-state index contributed by atoms with van der Waals surface area (Å²) < 4.78 is 0. The second-order valence-electron chi connectivity index (χ2n) is 5.22. The van der Waals surface area contributed by atoms with Crippen LogP contribution < -0.4 is 5.32 Å². The fraction of sp³-hybridized carbons (Fsp3) is 0.533. The van der Waals surface area contributed by atoms with E-state index < -0.39 is 5.97 Å². The van der Waals surface area contributed by atoms with E-state index in [4.69, 9.17) is 0 Å². The monoisotopic (exact) mass is 275 g/mol. The van der Waals surface area contributed by atoms with Crippen LogP contribution in [0, 0.1) is 13.8 Å². The molecule has 0 aromatic carbocycles. The fourth-order valence-electron chi connectivity index (χ4n) is 2.47. The van der Waals surface area contributed by atoms with Crippen molar-refractivity contribution >= 4 is 11.8 Å². The highest BCUT2D eigenvalue weighted by molar-refractivity contribution is 5.94. The van der Waals surface area contributed by atoms with Crippen molar-refractivity contribution in [3.63, 3.8) is 0 Å². The molecule has 2 rings (SSSR count). The minimum atomic E-state index is -0.958. The Balaban J connectivity index is 2.04. The zero-order valence-corrected chi connectivity index (χ0v) is 12.1. The standard InChI is InChI=1S/C15H21N3O2/c1-10-11(2)17-18-14(13(10)15(19)20)16-9-8-12-6-4-3-5-7-12/h6H,3-5,7-9H2,1-2H3,(H,16,18)(H,19,20). The van der Waals surface area contributed by atoms with E-state index in [9.17, 15) is 9.90 Å². The lowest BCUT2D eigenvalue weighted by Crippen LogP contribution is -2.14. The molecule has 0 bridgehead atoms. The Kier molecular flexibility index (Phi) is 4.71. The molecule has 1 aliphatic rings. The number of anilines is 1. The first-order valence-corrected chi connectivity index (χ1v) is 7.08. The molecule has 20 heavy (non-hydrogen) atoms. The highest BCUT2D eigenvalue weighted by Crippen LogP contribution is 2.21. The van der Waals surface area contributed by atoms with Gasteiger partial charge < -0.3 is 10.4 Å². The largest absolute Gasteiger partial charge is 0.478 e. The van der Waals surface area contributed by atoms with Crippen molar-refractivity contribution in [3.05, 3.63) is 28.5 Å². The van der Waals surface area contributed by atoms with Gasteiger partial charge in [0.25, 0.3) is 0 Å². The van der Waals surface area contributed by atoms with Crippen molar-refractivity contribution in [1.29, 1.82) is 0 Å². The van der Waals surface area contributed by atoms with Gasteiger partial charge in [-0.1, -0.05) is 11.6 Å². The molecule has 1 aromatic rings. The summed E-state index contributed by atoms with van der Waals surface area (Å²) in [6.07, 6.45) is 8.10. The van der Waals surface area contributed by atoms with E-state index in [1.807, 2.05) is 0 Å². The van der Waals surface area contributed by atoms with E-state index in [2.05, 4.69) is 21.6 Å². The molecule has 0 spiro atoms. The van der Waals surface area contributed by atoms with Crippen molar-refractivity contribution < 1.29 is 9.90 Å². The summed E-state index contributed by atoms with van der Waals surface area (Å²) in [5.41, 5.74) is 3.02. The lowest BCUT2D eigenvalue weighted by atomic mass is 9.97. The average Bonchev–Trinajstić information content (AvgIpc) is 2.43. The molecule has 1 heterocycles. The number of carboxylic acids is 1. The minimum absolute atomic E-state index is 0.232. The quantitative estimate of drug-likeness (QED) is 0.808. The van der Waals surface area contributed by atoms with Gasteiger partial charge in [-0.15, -0.1) is 5.10 Å². The Morgan fingerprint density at radius 3 is 2.80 bits per heavy atom. The predicted molar refractivity (Wildman–Crippen MR) is 78.1 cm³/mol. The number of nitrogens with one attached hydrogen (secondary N) is 1. The highest BCUT2D eigenvalue weighted by atomic mass is 16.4. The second-order valence-corrected chi connectivity index (χ2v) is 5.22. The van der Waals surface area contributed by atoms with Crippen molar-refractivity contribution in [1.82, 2.24) is 10.2 Å². The maximum absolute atomic E-state index is 11.3. The van der Waals surface area contributed by atoms with E-state index in [-0.39, 0.29) is 5.56 Å². The van der Waals surface area contributed by atoms with Gasteiger partial charge in [0, 0.05) is 6.54 Å². The molecule has 0 unspecified atom stereocenters. The lowest BCUT2D eigenvalue weighted by molar-refractivity contribution is 0.0696. The van der Waals surface area contributed by atoms with E-state index in [1.54, 1.807) is 13.8 Å². The third kappa shape index (κ3) is 3.35. The Hall–Kier alpha value is -1.91. The molecule has 0 saturated carbocycles. The number of aromatic nitrogens is 2. The zero-order valence-electron chi connectivity index (χ0n) is 12.1. The van der Waals surface area contributed by atoms with Gasteiger partial charge in [-0.05, 0) is 51.5 Å². The van der Waals surface area contributed by atoms with Crippen LogP contribution in [0.5, 0.6) is 0 Å². The Labute approximate surface area is 119 Å². The molecule has 5 nitrogen and oxygen atoms in total.